The minimum Gasteiger partial charge on any atom is -0.378 e. The molecule has 0 spiro atoms. The first-order valence-electron chi connectivity index (χ1n) is 11.6. The molecule has 31 heavy (non-hydrogen) atoms. The van der Waals surface area contributed by atoms with E-state index in [1.807, 2.05) is 50.2 Å². The highest BCUT2D eigenvalue weighted by Gasteiger charge is 2.41. The van der Waals surface area contributed by atoms with Crippen molar-refractivity contribution < 1.29 is 14.4 Å². The molecule has 0 saturated carbocycles. The molecule has 0 radical (unpaired) electrons. The van der Waals surface area contributed by atoms with Crippen LogP contribution >= 0.6 is 0 Å². The molecule has 0 N–H and O–H groups in total. The third-order valence-corrected chi connectivity index (χ3v) is 5.60. The third-order valence-electron chi connectivity index (χ3n) is 5.60. The predicted molar refractivity (Wildman–Crippen MR) is 126 cm³/mol. The molecule has 0 bridgehead atoms. The molecule has 1 heterocycles. The number of unbranched alkanes of at least 4 members (excludes halogenated alkanes) is 6. The maximum atomic E-state index is 13.1. The number of anilines is 1. The average molecular weight is 428 g/mol. The van der Waals surface area contributed by atoms with Crippen molar-refractivity contribution >= 4 is 29.6 Å². The second kappa shape index (κ2) is 12.3. The van der Waals surface area contributed by atoms with Crippen molar-refractivity contribution in [2.75, 3.05) is 32.1 Å². The fraction of sp³-hybridized carbons (Fsp3) is 0.560. The van der Waals surface area contributed by atoms with Gasteiger partial charge in [-0.05, 0) is 36.6 Å². The van der Waals surface area contributed by atoms with Crippen LogP contribution in [0.3, 0.4) is 0 Å². The van der Waals surface area contributed by atoms with Crippen molar-refractivity contribution in [1.82, 2.24) is 9.80 Å². The summed E-state index contributed by atoms with van der Waals surface area (Å²) in [6.07, 6.45) is 9.62. The SMILES string of the molecule is CCCCCCCCN1C(=O)C(=Cc2ccc(N(C)C)cc2)C(=O)N(CCCC)C1=O. The van der Waals surface area contributed by atoms with Gasteiger partial charge in [-0.2, -0.15) is 0 Å². The van der Waals surface area contributed by atoms with Gasteiger partial charge in [-0.15, -0.1) is 0 Å². The summed E-state index contributed by atoms with van der Waals surface area (Å²) in [6, 6.07) is 7.18. The van der Waals surface area contributed by atoms with Gasteiger partial charge in [0.25, 0.3) is 11.8 Å². The van der Waals surface area contributed by atoms with E-state index >= 15 is 0 Å². The monoisotopic (exact) mass is 427 g/mol. The minimum absolute atomic E-state index is 0.0688. The Morgan fingerprint density at radius 3 is 1.81 bits per heavy atom. The number of hydrogen-bond acceptors (Lipinski definition) is 4. The lowest BCUT2D eigenvalue weighted by Gasteiger charge is -2.34. The summed E-state index contributed by atoms with van der Waals surface area (Å²) >= 11 is 0. The van der Waals surface area contributed by atoms with Gasteiger partial charge >= 0.3 is 6.03 Å². The standard InChI is InChI=1S/C25H37N3O3/c1-5-7-9-10-11-12-18-28-24(30)22(23(29)27(25(28)31)17-8-6-2)19-20-13-15-21(16-14-20)26(3)4/h13-16,19H,5-12,17-18H2,1-4H3. The fourth-order valence-corrected chi connectivity index (χ4v) is 3.62. The largest absolute Gasteiger partial charge is 0.378 e. The first-order chi connectivity index (χ1) is 14.9. The molecule has 0 aromatic heterocycles. The van der Waals surface area contributed by atoms with Gasteiger partial charge in [0.05, 0.1) is 0 Å². The summed E-state index contributed by atoms with van der Waals surface area (Å²) in [6.45, 7) is 4.89. The number of carbonyl (C=O) groups is 3. The Bertz CT molecular complexity index is 784. The van der Waals surface area contributed by atoms with Gasteiger partial charge in [0, 0.05) is 32.9 Å². The lowest BCUT2D eigenvalue weighted by molar-refractivity contribution is -0.135. The van der Waals surface area contributed by atoms with E-state index in [9.17, 15) is 14.4 Å². The second-order valence-electron chi connectivity index (χ2n) is 8.36. The molecule has 170 valence electrons. The third kappa shape index (κ3) is 6.68. The van der Waals surface area contributed by atoms with Crippen LogP contribution in [0.5, 0.6) is 0 Å². The van der Waals surface area contributed by atoms with E-state index in [1.54, 1.807) is 6.08 Å². The van der Waals surface area contributed by atoms with Crippen LogP contribution in [0, 0.1) is 0 Å². The van der Waals surface area contributed by atoms with Gasteiger partial charge in [-0.3, -0.25) is 19.4 Å². The molecule has 1 aliphatic rings. The molecular weight excluding hydrogens is 390 g/mol. The highest BCUT2D eigenvalue weighted by atomic mass is 16.2. The summed E-state index contributed by atoms with van der Waals surface area (Å²) < 4.78 is 0. The van der Waals surface area contributed by atoms with Crippen molar-refractivity contribution in [2.24, 2.45) is 0 Å². The van der Waals surface area contributed by atoms with Crippen LogP contribution in [0.2, 0.25) is 0 Å². The fourth-order valence-electron chi connectivity index (χ4n) is 3.62. The Balaban J connectivity index is 2.21. The molecule has 1 aliphatic heterocycles. The van der Waals surface area contributed by atoms with Crippen LogP contribution in [-0.2, 0) is 9.59 Å². The number of barbiturate groups is 1. The zero-order valence-corrected chi connectivity index (χ0v) is 19.5. The van der Waals surface area contributed by atoms with Gasteiger partial charge in [-0.1, -0.05) is 64.5 Å². The predicted octanol–water partition coefficient (Wildman–Crippen LogP) is 5.09. The van der Waals surface area contributed by atoms with Crippen molar-refractivity contribution in [3.8, 4) is 0 Å². The number of imide groups is 2. The highest BCUT2D eigenvalue weighted by Crippen LogP contribution is 2.22. The quantitative estimate of drug-likeness (QED) is 0.265. The summed E-state index contributed by atoms with van der Waals surface area (Å²) in [5.74, 6) is -0.965. The highest BCUT2D eigenvalue weighted by molar-refractivity contribution is 6.30. The van der Waals surface area contributed by atoms with Gasteiger partial charge in [0.2, 0.25) is 0 Å². The molecule has 0 atom stereocenters. The van der Waals surface area contributed by atoms with Crippen molar-refractivity contribution in [2.45, 2.75) is 65.2 Å². The molecule has 4 amide bonds. The van der Waals surface area contributed by atoms with E-state index in [0.717, 1.165) is 43.4 Å². The van der Waals surface area contributed by atoms with Gasteiger partial charge < -0.3 is 4.90 Å². The summed E-state index contributed by atoms with van der Waals surface area (Å²) in [4.78, 5) is 43.5. The zero-order chi connectivity index (χ0) is 22.8. The Hall–Kier alpha value is -2.63. The zero-order valence-electron chi connectivity index (χ0n) is 19.5. The summed E-state index contributed by atoms with van der Waals surface area (Å²) in [7, 11) is 3.91. The topological polar surface area (TPSA) is 60.9 Å². The van der Waals surface area contributed by atoms with Crippen molar-refractivity contribution in [3.05, 3.63) is 35.4 Å². The number of carbonyl (C=O) groups excluding carboxylic acids is 3. The molecular formula is C25H37N3O3. The minimum atomic E-state index is -0.487. The Morgan fingerprint density at radius 2 is 1.26 bits per heavy atom. The first-order valence-corrected chi connectivity index (χ1v) is 11.6. The normalized spacial score (nSPS) is 15.9. The van der Waals surface area contributed by atoms with E-state index in [1.165, 1.54) is 29.1 Å². The van der Waals surface area contributed by atoms with Crippen LogP contribution in [-0.4, -0.2) is 54.8 Å². The Labute approximate surface area is 186 Å². The van der Waals surface area contributed by atoms with Gasteiger partial charge in [0.15, 0.2) is 0 Å². The van der Waals surface area contributed by atoms with Crippen LogP contribution in [0.4, 0.5) is 10.5 Å². The number of hydrogen-bond donors (Lipinski definition) is 0. The average Bonchev–Trinajstić information content (AvgIpc) is 2.76. The van der Waals surface area contributed by atoms with E-state index in [0.29, 0.717) is 13.1 Å². The van der Waals surface area contributed by atoms with Crippen LogP contribution in [0.1, 0.15) is 70.8 Å². The van der Waals surface area contributed by atoms with E-state index < -0.39 is 17.8 Å². The number of amides is 4. The maximum absolute atomic E-state index is 13.1. The Morgan fingerprint density at radius 1 is 0.742 bits per heavy atom. The van der Waals surface area contributed by atoms with E-state index in [-0.39, 0.29) is 5.57 Å². The van der Waals surface area contributed by atoms with Crippen molar-refractivity contribution in [1.29, 1.82) is 0 Å². The summed E-state index contributed by atoms with van der Waals surface area (Å²) in [5.41, 5.74) is 1.87. The van der Waals surface area contributed by atoms with Crippen molar-refractivity contribution in [3.63, 3.8) is 0 Å². The molecule has 1 saturated heterocycles. The van der Waals surface area contributed by atoms with Gasteiger partial charge in [0.1, 0.15) is 5.57 Å². The van der Waals surface area contributed by atoms with Crippen LogP contribution in [0.15, 0.2) is 29.8 Å². The Kier molecular flexibility index (Phi) is 9.76. The first kappa shape index (κ1) is 24.6. The molecule has 6 heteroatoms. The molecule has 0 unspecified atom stereocenters. The van der Waals surface area contributed by atoms with Gasteiger partial charge in [-0.25, -0.2) is 4.79 Å². The number of nitrogens with zero attached hydrogens (tertiary/aromatic N) is 3. The maximum Gasteiger partial charge on any atom is 0.333 e. The summed E-state index contributed by atoms with van der Waals surface area (Å²) in [5, 5.41) is 0. The second-order valence-corrected chi connectivity index (χ2v) is 8.36. The molecule has 6 nitrogen and oxygen atoms in total. The molecule has 1 aromatic carbocycles. The molecule has 0 aliphatic carbocycles. The molecule has 1 fully saturated rings. The van der Waals surface area contributed by atoms with Crippen LogP contribution in [0.25, 0.3) is 6.08 Å². The van der Waals surface area contributed by atoms with Crippen LogP contribution < -0.4 is 4.90 Å². The number of benzene rings is 1. The van der Waals surface area contributed by atoms with E-state index in [2.05, 4.69) is 6.92 Å². The number of urea groups is 1. The lowest BCUT2D eigenvalue weighted by atomic mass is 10.0. The molecule has 1 aromatic rings. The van der Waals surface area contributed by atoms with E-state index in [4.69, 9.17) is 0 Å². The molecule has 2 rings (SSSR count). The smallest absolute Gasteiger partial charge is 0.333 e. The lowest BCUT2D eigenvalue weighted by Crippen LogP contribution is -2.56. The number of rotatable bonds is 12.